The molecule has 1 aliphatic rings. The fourth-order valence-corrected chi connectivity index (χ4v) is 3.71. The maximum atomic E-state index is 12.6. The number of benzene rings is 1. The molecule has 2 aromatic rings. The van der Waals surface area contributed by atoms with Crippen LogP contribution in [-0.4, -0.2) is 29.8 Å². The van der Waals surface area contributed by atoms with Gasteiger partial charge in [-0.15, -0.1) is 11.3 Å². The van der Waals surface area contributed by atoms with Gasteiger partial charge in [-0.25, -0.2) is 0 Å². The molecule has 0 aliphatic carbocycles. The number of para-hydroxylation sites is 1. The Balaban J connectivity index is 1.57. The van der Waals surface area contributed by atoms with E-state index in [0.29, 0.717) is 17.7 Å². The van der Waals surface area contributed by atoms with E-state index in [9.17, 15) is 9.59 Å². The topological polar surface area (TPSA) is 49.4 Å². The fraction of sp³-hybridized carbons (Fsp3) is 0.368. The predicted octanol–water partition coefficient (Wildman–Crippen LogP) is 3.95. The van der Waals surface area contributed by atoms with Gasteiger partial charge >= 0.3 is 0 Å². The number of anilines is 1. The van der Waals surface area contributed by atoms with Gasteiger partial charge in [-0.1, -0.05) is 18.2 Å². The molecule has 1 N–H and O–H groups in total. The Bertz CT molecular complexity index is 691. The average molecular weight is 342 g/mol. The van der Waals surface area contributed by atoms with Gasteiger partial charge < -0.3 is 10.2 Å². The van der Waals surface area contributed by atoms with Gasteiger partial charge in [-0.2, -0.15) is 0 Å². The molecule has 0 unspecified atom stereocenters. The molecule has 2 heterocycles. The first-order chi connectivity index (χ1) is 11.7. The summed E-state index contributed by atoms with van der Waals surface area (Å²) in [6.45, 7) is 1.61. The van der Waals surface area contributed by atoms with E-state index in [2.05, 4.69) is 16.8 Å². The molecule has 0 bridgehead atoms. The number of carbonyl (C=O) groups is 2. The fourth-order valence-electron chi connectivity index (χ4n) is 2.96. The Labute approximate surface area is 146 Å². The number of likely N-dealkylation sites (tertiary alicyclic amines) is 1. The largest absolute Gasteiger partial charge is 0.339 e. The zero-order chi connectivity index (χ0) is 16.8. The zero-order valence-corrected chi connectivity index (χ0v) is 14.5. The van der Waals surface area contributed by atoms with Crippen molar-refractivity contribution in [3.05, 3.63) is 52.2 Å². The minimum Gasteiger partial charge on any atom is -0.339 e. The second kappa shape index (κ2) is 8.11. The third kappa shape index (κ3) is 4.23. The molecule has 1 saturated heterocycles. The van der Waals surface area contributed by atoms with Crippen LogP contribution < -0.4 is 5.32 Å². The lowest BCUT2D eigenvalue weighted by atomic mass is 10.1. The molecule has 0 saturated carbocycles. The monoisotopic (exact) mass is 342 g/mol. The SMILES string of the molecule is O=C(CCCc1cccs1)Nc1ccccc1C(=O)N1CCCC1. The maximum Gasteiger partial charge on any atom is 0.255 e. The number of aryl methyl sites for hydroxylation is 1. The summed E-state index contributed by atoms with van der Waals surface area (Å²) in [5.41, 5.74) is 1.21. The smallest absolute Gasteiger partial charge is 0.255 e. The van der Waals surface area contributed by atoms with E-state index in [0.717, 1.165) is 38.8 Å². The van der Waals surface area contributed by atoms with Crippen molar-refractivity contribution in [3.8, 4) is 0 Å². The Morgan fingerprint density at radius 2 is 1.88 bits per heavy atom. The lowest BCUT2D eigenvalue weighted by molar-refractivity contribution is -0.116. The van der Waals surface area contributed by atoms with Crippen molar-refractivity contribution in [1.29, 1.82) is 0 Å². The van der Waals surface area contributed by atoms with Crippen molar-refractivity contribution in [2.75, 3.05) is 18.4 Å². The van der Waals surface area contributed by atoms with E-state index in [4.69, 9.17) is 0 Å². The third-order valence-electron chi connectivity index (χ3n) is 4.23. The minimum absolute atomic E-state index is 0.0157. The van der Waals surface area contributed by atoms with Crippen LogP contribution in [0.1, 0.15) is 40.9 Å². The van der Waals surface area contributed by atoms with Gasteiger partial charge in [0.15, 0.2) is 0 Å². The molecule has 1 aliphatic heterocycles. The van der Waals surface area contributed by atoms with E-state index in [1.807, 2.05) is 23.1 Å². The van der Waals surface area contributed by atoms with Crippen molar-refractivity contribution >= 4 is 28.8 Å². The van der Waals surface area contributed by atoms with Crippen LogP contribution in [0.15, 0.2) is 41.8 Å². The summed E-state index contributed by atoms with van der Waals surface area (Å²) in [6.07, 6.45) is 4.31. The maximum absolute atomic E-state index is 12.6. The summed E-state index contributed by atoms with van der Waals surface area (Å²) in [5, 5.41) is 4.96. The second-order valence-electron chi connectivity index (χ2n) is 6.03. The molecule has 5 heteroatoms. The molecule has 24 heavy (non-hydrogen) atoms. The van der Waals surface area contributed by atoms with E-state index >= 15 is 0 Å². The van der Waals surface area contributed by atoms with Gasteiger partial charge in [-0.05, 0) is 49.3 Å². The quantitative estimate of drug-likeness (QED) is 0.864. The predicted molar refractivity (Wildman–Crippen MR) is 97.5 cm³/mol. The molecule has 1 aromatic heterocycles. The number of hydrogen-bond acceptors (Lipinski definition) is 3. The van der Waals surface area contributed by atoms with E-state index < -0.39 is 0 Å². The highest BCUT2D eigenvalue weighted by Crippen LogP contribution is 2.20. The average Bonchev–Trinajstić information content (AvgIpc) is 3.28. The van der Waals surface area contributed by atoms with Gasteiger partial charge in [-0.3, -0.25) is 9.59 Å². The zero-order valence-electron chi connectivity index (χ0n) is 13.7. The number of nitrogens with one attached hydrogen (secondary N) is 1. The molecule has 0 radical (unpaired) electrons. The van der Waals surface area contributed by atoms with E-state index in [-0.39, 0.29) is 11.8 Å². The molecule has 0 spiro atoms. The highest BCUT2D eigenvalue weighted by atomic mass is 32.1. The third-order valence-corrected chi connectivity index (χ3v) is 5.17. The van der Waals surface area contributed by atoms with Crippen LogP contribution in [0.25, 0.3) is 0 Å². The van der Waals surface area contributed by atoms with Crippen molar-refractivity contribution in [2.45, 2.75) is 32.1 Å². The van der Waals surface area contributed by atoms with E-state index in [1.165, 1.54) is 4.88 Å². The van der Waals surface area contributed by atoms with Crippen LogP contribution in [0.5, 0.6) is 0 Å². The molecule has 1 fully saturated rings. The molecular formula is C19H22N2O2S. The van der Waals surface area contributed by atoms with Gasteiger partial charge in [0.25, 0.3) is 5.91 Å². The van der Waals surface area contributed by atoms with Gasteiger partial charge in [0, 0.05) is 24.4 Å². The second-order valence-corrected chi connectivity index (χ2v) is 7.06. The first kappa shape index (κ1) is 16.7. The summed E-state index contributed by atoms with van der Waals surface area (Å²) in [6, 6.07) is 11.4. The Morgan fingerprint density at radius 1 is 1.08 bits per heavy atom. The van der Waals surface area contributed by atoms with Crippen molar-refractivity contribution in [1.82, 2.24) is 4.90 Å². The number of carbonyl (C=O) groups excluding carboxylic acids is 2. The molecule has 4 nitrogen and oxygen atoms in total. The molecule has 1 aromatic carbocycles. The first-order valence-electron chi connectivity index (χ1n) is 8.44. The van der Waals surface area contributed by atoms with Gasteiger partial charge in [0.05, 0.1) is 11.3 Å². The number of nitrogens with zero attached hydrogens (tertiary/aromatic N) is 1. The van der Waals surface area contributed by atoms with Crippen LogP contribution in [0.3, 0.4) is 0 Å². The summed E-state index contributed by atoms with van der Waals surface area (Å²) in [7, 11) is 0. The molecular weight excluding hydrogens is 320 g/mol. The number of hydrogen-bond donors (Lipinski definition) is 1. The minimum atomic E-state index is -0.0340. The number of rotatable bonds is 6. The molecule has 126 valence electrons. The van der Waals surface area contributed by atoms with Gasteiger partial charge in [0.1, 0.15) is 0 Å². The summed E-state index contributed by atoms with van der Waals surface area (Å²) in [5.74, 6) is -0.0183. The van der Waals surface area contributed by atoms with Crippen LogP contribution in [-0.2, 0) is 11.2 Å². The Kier molecular flexibility index (Phi) is 5.64. The van der Waals surface area contributed by atoms with Crippen LogP contribution in [0, 0.1) is 0 Å². The first-order valence-corrected chi connectivity index (χ1v) is 9.32. The van der Waals surface area contributed by atoms with Crippen molar-refractivity contribution < 1.29 is 9.59 Å². The molecule has 2 amide bonds. The Morgan fingerprint density at radius 3 is 2.62 bits per heavy atom. The van der Waals surface area contributed by atoms with Crippen LogP contribution >= 0.6 is 11.3 Å². The highest BCUT2D eigenvalue weighted by molar-refractivity contribution is 7.09. The Hall–Kier alpha value is -2.14. The standard InChI is InChI=1S/C19H22N2O2S/c22-18(11-5-7-15-8-6-14-24-15)20-17-10-2-1-9-16(17)19(23)21-12-3-4-13-21/h1-2,6,8-10,14H,3-5,7,11-13H2,(H,20,22). The molecule has 3 rings (SSSR count). The van der Waals surface area contributed by atoms with Crippen LogP contribution in [0.4, 0.5) is 5.69 Å². The summed E-state index contributed by atoms with van der Waals surface area (Å²) < 4.78 is 0. The lowest BCUT2D eigenvalue weighted by Crippen LogP contribution is -2.28. The van der Waals surface area contributed by atoms with E-state index in [1.54, 1.807) is 23.5 Å². The summed E-state index contributed by atoms with van der Waals surface area (Å²) >= 11 is 1.72. The lowest BCUT2D eigenvalue weighted by Gasteiger charge is -2.18. The summed E-state index contributed by atoms with van der Waals surface area (Å²) in [4.78, 5) is 28.0. The van der Waals surface area contributed by atoms with Crippen LogP contribution in [0.2, 0.25) is 0 Å². The number of amides is 2. The molecule has 0 atom stereocenters. The highest BCUT2D eigenvalue weighted by Gasteiger charge is 2.22. The van der Waals surface area contributed by atoms with Gasteiger partial charge in [0.2, 0.25) is 5.91 Å². The van der Waals surface area contributed by atoms with Crippen molar-refractivity contribution in [2.24, 2.45) is 0 Å². The number of thiophene rings is 1. The normalized spacial score (nSPS) is 13.9. The van der Waals surface area contributed by atoms with Crippen molar-refractivity contribution in [3.63, 3.8) is 0 Å².